The Bertz CT molecular complexity index is 1240. The number of rotatable bonds is 4. The molecule has 1 aliphatic carbocycles. The van der Waals surface area contributed by atoms with Crippen LogP contribution in [0.3, 0.4) is 0 Å². The molecule has 162 valence electrons. The molecule has 0 fully saturated rings. The summed E-state index contributed by atoms with van der Waals surface area (Å²) in [6.07, 6.45) is 6.41. The molecule has 2 heteroatoms. The highest BCUT2D eigenvalue weighted by atomic mass is 79.9. The summed E-state index contributed by atoms with van der Waals surface area (Å²) in [5, 5.41) is 10.0. The van der Waals surface area contributed by atoms with E-state index in [0.717, 1.165) is 15.6 Å². The monoisotopic (exact) mass is 484 g/mol. The molecule has 0 saturated carbocycles. The van der Waals surface area contributed by atoms with Crippen LogP contribution in [-0.2, 0) is 5.41 Å². The molecular weight excluding hydrogens is 456 g/mol. The molecule has 32 heavy (non-hydrogen) atoms. The van der Waals surface area contributed by atoms with Gasteiger partial charge in [-0.1, -0.05) is 110 Å². The maximum Gasteiger partial charge on any atom is 0.115 e. The second-order valence-electron chi connectivity index (χ2n) is 9.46. The maximum atomic E-state index is 10.0. The quantitative estimate of drug-likeness (QED) is 0.367. The Morgan fingerprint density at radius 1 is 0.906 bits per heavy atom. The second-order valence-corrected chi connectivity index (χ2v) is 10.4. The second kappa shape index (κ2) is 8.26. The van der Waals surface area contributed by atoms with Gasteiger partial charge in [0, 0.05) is 4.47 Å². The first-order valence-electron chi connectivity index (χ1n) is 10.9. The number of phenolic OH excluding ortho intramolecular Hbond substituents is 1. The molecule has 1 nitrogen and oxygen atoms in total. The third-order valence-electron chi connectivity index (χ3n) is 6.66. The predicted octanol–water partition coefficient (Wildman–Crippen LogP) is 8.57. The predicted molar refractivity (Wildman–Crippen MR) is 139 cm³/mol. The van der Waals surface area contributed by atoms with Crippen LogP contribution in [0.25, 0.3) is 11.1 Å². The molecule has 0 heterocycles. The van der Waals surface area contributed by atoms with Gasteiger partial charge in [0.2, 0.25) is 0 Å². The van der Waals surface area contributed by atoms with E-state index in [9.17, 15) is 5.11 Å². The first-order chi connectivity index (χ1) is 15.2. The Kier molecular flexibility index (Phi) is 5.77. The zero-order valence-corrected chi connectivity index (χ0v) is 20.7. The fourth-order valence-electron chi connectivity index (χ4n) is 4.56. The molecule has 3 aromatic rings. The summed E-state index contributed by atoms with van der Waals surface area (Å²) in [6, 6.07) is 22.7. The van der Waals surface area contributed by atoms with E-state index in [4.69, 9.17) is 0 Å². The zero-order chi connectivity index (χ0) is 23.1. The van der Waals surface area contributed by atoms with Gasteiger partial charge in [-0.2, -0.15) is 0 Å². The van der Waals surface area contributed by atoms with Crippen molar-refractivity contribution in [1.29, 1.82) is 0 Å². The number of phenols is 1. The molecule has 0 spiro atoms. The first-order valence-corrected chi connectivity index (χ1v) is 11.7. The number of aromatic hydroxyl groups is 1. The maximum absolute atomic E-state index is 10.0. The van der Waals surface area contributed by atoms with Crippen molar-refractivity contribution >= 4 is 15.9 Å². The summed E-state index contributed by atoms with van der Waals surface area (Å²) in [4.78, 5) is 0. The van der Waals surface area contributed by atoms with Gasteiger partial charge < -0.3 is 5.11 Å². The molecule has 0 amide bonds. The lowest BCUT2D eigenvalue weighted by molar-refractivity contribution is 0.475. The fraction of sp³-hybridized carbons (Fsp3) is 0.200. The normalized spacial score (nSPS) is 18.3. The molecule has 1 aliphatic rings. The van der Waals surface area contributed by atoms with Gasteiger partial charge in [-0.3, -0.25) is 0 Å². The summed E-state index contributed by atoms with van der Waals surface area (Å²) in [5.41, 5.74) is 7.97. The summed E-state index contributed by atoms with van der Waals surface area (Å²) in [6.45, 7) is 13.1. The number of benzene rings is 3. The number of hydrogen-bond donors (Lipinski definition) is 1. The minimum atomic E-state index is -0.528. The first kappa shape index (κ1) is 22.4. The van der Waals surface area contributed by atoms with Crippen molar-refractivity contribution in [2.45, 2.75) is 33.1 Å². The van der Waals surface area contributed by atoms with Gasteiger partial charge in [-0.25, -0.2) is 0 Å². The van der Waals surface area contributed by atoms with Crippen molar-refractivity contribution in [2.24, 2.45) is 5.41 Å². The molecule has 3 aromatic carbocycles. The van der Waals surface area contributed by atoms with E-state index in [1.807, 2.05) is 18.2 Å². The van der Waals surface area contributed by atoms with Gasteiger partial charge >= 0.3 is 0 Å². The number of fused-ring (bicyclic) bond motifs is 3. The van der Waals surface area contributed by atoms with E-state index in [-0.39, 0.29) is 11.2 Å². The van der Waals surface area contributed by atoms with Crippen molar-refractivity contribution in [3.63, 3.8) is 0 Å². The SMILES string of the molecule is C=C/C(=C\C=C(/C)C(C)(C)C)C1(c2ccc(O)cc2)c2ccccc2-c2ccc(Br)cc21. The average Bonchev–Trinajstić information content (AvgIpc) is 3.04. The molecule has 0 aromatic heterocycles. The van der Waals surface area contributed by atoms with Gasteiger partial charge in [0.1, 0.15) is 5.75 Å². The van der Waals surface area contributed by atoms with E-state index < -0.39 is 5.41 Å². The lowest BCUT2D eigenvalue weighted by Gasteiger charge is -2.35. The Morgan fingerprint density at radius 3 is 2.22 bits per heavy atom. The molecule has 0 aliphatic heterocycles. The minimum Gasteiger partial charge on any atom is -0.508 e. The molecule has 0 saturated heterocycles. The van der Waals surface area contributed by atoms with Gasteiger partial charge in [0.25, 0.3) is 0 Å². The third kappa shape index (κ3) is 3.57. The van der Waals surface area contributed by atoms with Gasteiger partial charge in [0.15, 0.2) is 0 Å². The number of allylic oxidation sites excluding steroid dienone is 5. The van der Waals surface area contributed by atoms with Crippen LogP contribution in [0.5, 0.6) is 5.75 Å². The topological polar surface area (TPSA) is 20.2 Å². The van der Waals surface area contributed by atoms with Crippen molar-refractivity contribution in [2.75, 3.05) is 0 Å². The molecule has 0 bridgehead atoms. The third-order valence-corrected chi connectivity index (χ3v) is 7.15. The molecule has 4 rings (SSSR count). The van der Waals surface area contributed by atoms with E-state index in [1.54, 1.807) is 12.1 Å². The van der Waals surface area contributed by atoms with Crippen LogP contribution in [0.4, 0.5) is 0 Å². The molecule has 0 radical (unpaired) electrons. The van der Waals surface area contributed by atoms with Crippen LogP contribution in [0, 0.1) is 5.41 Å². The molecule has 1 unspecified atom stereocenters. The van der Waals surface area contributed by atoms with Gasteiger partial charge in [0.05, 0.1) is 5.41 Å². The number of hydrogen-bond acceptors (Lipinski definition) is 1. The Morgan fingerprint density at radius 2 is 1.56 bits per heavy atom. The van der Waals surface area contributed by atoms with Crippen LogP contribution in [0.1, 0.15) is 44.4 Å². The average molecular weight is 485 g/mol. The lowest BCUT2D eigenvalue weighted by atomic mass is 9.67. The van der Waals surface area contributed by atoms with Crippen molar-refractivity contribution in [3.05, 3.63) is 124 Å². The van der Waals surface area contributed by atoms with E-state index in [2.05, 4.69) is 105 Å². The number of halogens is 1. The Balaban J connectivity index is 2.13. The summed E-state index contributed by atoms with van der Waals surface area (Å²) in [7, 11) is 0. The van der Waals surface area contributed by atoms with Crippen LogP contribution in [-0.4, -0.2) is 5.11 Å². The zero-order valence-electron chi connectivity index (χ0n) is 19.1. The lowest BCUT2D eigenvalue weighted by Crippen LogP contribution is -2.29. The molecule has 1 atom stereocenters. The molecular formula is C30H29BrO. The Hall–Kier alpha value is -2.84. The summed E-state index contributed by atoms with van der Waals surface area (Å²) < 4.78 is 1.04. The highest BCUT2D eigenvalue weighted by Gasteiger charge is 2.46. The van der Waals surface area contributed by atoms with E-state index in [0.29, 0.717) is 0 Å². The van der Waals surface area contributed by atoms with Crippen molar-refractivity contribution in [1.82, 2.24) is 0 Å². The van der Waals surface area contributed by atoms with E-state index >= 15 is 0 Å². The summed E-state index contributed by atoms with van der Waals surface area (Å²) in [5.74, 6) is 0.261. The fourth-order valence-corrected chi connectivity index (χ4v) is 4.92. The highest BCUT2D eigenvalue weighted by molar-refractivity contribution is 9.10. The van der Waals surface area contributed by atoms with Crippen LogP contribution in [0.2, 0.25) is 0 Å². The van der Waals surface area contributed by atoms with Crippen LogP contribution < -0.4 is 0 Å². The van der Waals surface area contributed by atoms with Gasteiger partial charge in [-0.05, 0) is 70.0 Å². The van der Waals surface area contributed by atoms with E-state index in [1.165, 1.54) is 27.8 Å². The standard InChI is InChI=1S/C30H29BrO/c1-6-21(12-11-20(2)29(3,4)5)30(22-13-16-24(32)17-14-22)27-10-8-7-9-25(27)26-18-15-23(31)19-28(26)30/h6-19,32H,1H2,2-5H3/b20-11+,21-12+. The minimum absolute atomic E-state index is 0.0863. The largest absolute Gasteiger partial charge is 0.508 e. The van der Waals surface area contributed by atoms with Crippen LogP contribution in [0.15, 0.2) is 107 Å². The summed E-state index contributed by atoms with van der Waals surface area (Å²) >= 11 is 3.71. The molecule has 1 N–H and O–H groups in total. The van der Waals surface area contributed by atoms with Crippen molar-refractivity contribution in [3.8, 4) is 16.9 Å². The highest BCUT2D eigenvalue weighted by Crippen LogP contribution is 2.57. The van der Waals surface area contributed by atoms with Crippen LogP contribution >= 0.6 is 15.9 Å². The van der Waals surface area contributed by atoms with Gasteiger partial charge in [-0.15, -0.1) is 0 Å². The Labute approximate surface area is 200 Å². The smallest absolute Gasteiger partial charge is 0.115 e. The van der Waals surface area contributed by atoms with Crippen molar-refractivity contribution < 1.29 is 5.11 Å².